The molecule has 3 N–H and O–H groups in total. The van der Waals surface area contributed by atoms with Crippen LogP contribution in [0.5, 0.6) is 0 Å². The SMILES string of the molecule is CC(C)(C)[N+]1(C(=O)O)CCC(C(CO)N2CCC3(CC2)CNc2cc(Cl)ccc23)CC1. The third kappa shape index (κ3) is 3.86. The molecule has 3 heterocycles. The fraction of sp³-hybridized carbons (Fsp3) is 0.708. The number of hydrogen-bond donors (Lipinski definition) is 3. The Kier molecular flexibility index (Phi) is 6.05. The number of likely N-dealkylation sites (tertiary alicyclic amines) is 2. The third-order valence-electron chi connectivity index (χ3n) is 8.54. The normalized spacial score (nSPS) is 29.4. The molecule has 0 aromatic heterocycles. The van der Waals surface area contributed by atoms with E-state index in [9.17, 15) is 15.0 Å². The number of halogens is 1. The van der Waals surface area contributed by atoms with E-state index >= 15 is 0 Å². The monoisotopic (exact) mass is 450 g/mol. The van der Waals surface area contributed by atoms with Gasteiger partial charge in [0.25, 0.3) is 0 Å². The maximum Gasteiger partial charge on any atom is 0.513 e. The summed E-state index contributed by atoms with van der Waals surface area (Å²) in [6, 6.07) is 6.31. The van der Waals surface area contributed by atoms with Gasteiger partial charge in [0.15, 0.2) is 0 Å². The molecule has 1 spiro atoms. The zero-order valence-electron chi connectivity index (χ0n) is 19.0. The van der Waals surface area contributed by atoms with Gasteiger partial charge in [-0.2, -0.15) is 4.79 Å². The van der Waals surface area contributed by atoms with Gasteiger partial charge in [0.1, 0.15) is 5.54 Å². The molecule has 31 heavy (non-hydrogen) atoms. The number of carbonyl (C=O) groups is 1. The topological polar surface area (TPSA) is 72.8 Å². The second-order valence-corrected chi connectivity index (χ2v) is 11.3. The van der Waals surface area contributed by atoms with Crippen molar-refractivity contribution in [3.05, 3.63) is 28.8 Å². The van der Waals surface area contributed by atoms with Crippen LogP contribution in [0, 0.1) is 5.92 Å². The zero-order valence-corrected chi connectivity index (χ0v) is 19.8. The molecule has 1 amide bonds. The van der Waals surface area contributed by atoms with Crippen molar-refractivity contribution >= 4 is 23.4 Å². The molecule has 3 aliphatic heterocycles. The molecule has 1 unspecified atom stereocenters. The highest BCUT2D eigenvalue weighted by molar-refractivity contribution is 6.30. The number of piperidine rings is 2. The minimum Gasteiger partial charge on any atom is -0.435 e. The second kappa shape index (κ2) is 8.22. The third-order valence-corrected chi connectivity index (χ3v) is 8.77. The van der Waals surface area contributed by atoms with E-state index in [4.69, 9.17) is 11.6 Å². The van der Waals surface area contributed by atoms with Crippen LogP contribution in [0.4, 0.5) is 10.5 Å². The maximum atomic E-state index is 12.1. The Balaban J connectivity index is 1.42. The summed E-state index contributed by atoms with van der Waals surface area (Å²) in [5.74, 6) is 0.347. The number of nitrogens with zero attached hydrogens (tertiary/aromatic N) is 2. The number of hydrogen-bond acceptors (Lipinski definition) is 4. The second-order valence-electron chi connectivity index (χ2n) is 10.8. The quantitative estimate of drug-likeness (QED) is 0.603. The van der Waals surface area contributed by atoms with E-state index in [1.54, 1.807) is 0 Å². The Morgan fingerprint density at radius 2 is 1.94 bits per heavy atom. The maximum absolute atomic E-state index is 12.1. The molecule has 0 radical (unpaired) electrons. The van der Waals surface area contributed by atoms with E-state index in [2.05, 4.69) is 16.3 Å². The first-order chi connectivity index (χ1) is 14.6. The summed E-state index contributed by atoms with van der Waals surface area (Å²) in [4.78, 5) is 14.6. The van der Waals surface area contributed by atoms with E-state index in [-0.39, 0.29) is 28.1 Å². The van der Waals surface area contributed by atoms with Crippen molar-refractivity contribution in [2.75, 3.05) is 44.6 Å². The predicted molar refractivity (Wildman–Crippen MR) is 124 cm³/mol. The lowest BCUT2D eigenvalue weighted by atomic mass is 9.73. The smallest absolute Gasteiger partial charge is 0.435 e. The Hall–Kier alpha value is -1.34. The molecular weight excluding hydrogens is 414 g/mol. The molecular formula is C24H37ClN3O3+. The first-order valence-corrected chi connectivity index (χ1v) is 12.0. The lowest BCUT2D eigenvalue weighted by Gasteiger charge is -2.50. The van der Waals surface area contributed by atoms with Gasteiger partial charge in [-0.1, -0.05) is 17.7 Å². The summed E-state index contributed by atoms with van der Waals surface area (Å²) in [5, 5.41) is 24.6. The van der Waals surface area contributed by atoms with Crippen LogP contribution in [0.3, 0.4) is 0 Å². The number of fused-ring (bicyclic) bond motifs is 2. The number of aliphatic hydroxyl groups excluding tert-OH is 1. The number of amides is 1. The molecule has 1 aromatic carbocycles. The number of nitrogens with one attached hydrogen (secondary N) is 1. The molecule has 2 saturated heterocycles. The van der Waals surface area contributed by atoms with Crippen LogP contribution in [0.15, 0.2) is 18.2 Å². The van der Waals surface area contributed by atoms with Crippen LogP contribution in [0.25, 0.3) is 0 Å². The number of aliphatic hydroxyl groups is 1. The number of anilines is 1. The number of benzene rings is 1. The van der Waals surface area contributed by atoms with Crippen LogP contribution in [0.1, 0.15) is 52.0 Å². The summed E-state index contributed by atoms with van der Waals surface area (Å²) in [6.45, 7) is 10.4. The Labute approximate surface area is 190 Å². The first-order valence-electron chi connectivity index (χ1n) is 11.6. The fourth-order valence-electron chi connectivity index (χ4n) is 6.34. The molecule has 172 valence electrons. The van der Waals surface area contributed by atoms with Gasteiger partial charge in [0, 0.05) is 41.6 Å². The van der Waals surface area contributed by atoms with E-state index in [0.29, 0.717) is 19.0 Å². The highest BCUT2D eigenvalue weighted by Crippen LogP contribution is 2.45. The van der Waals surface area contributed by atoms with Crippen LogP contribution in [0.2, 0.25) is 5.02 Å². The summed E-state index contributed by atoms with van der Waals surface area (Å²) < 4.78 is 0.121. The molecule has 2 fully saturated rings. The van der Waals surface area contributed by atoms with E-state index < -0.39 is 6.09 Å². The lowest BCUT2D eigenvalue weighted by molar-refractivity contribution is -0.909. The average molecular weight is 451 g/mol. The fourth-order valence-corrected chi connectivity index (χ4v) is 6.51. The van der Waals surface area contributed by atoms with Crippen molar-refractivity contribution < 1.29 is 19.5 Å². The molecule has 0 aliphatic carbocycles. The van der Waals surface area contributed by atoms with Crippen LogP contribution >= 0.6 is 11.6 Å². The minimum absolute atomic E-state index is 0.118. The molecule has 0 saturated carbocycles. The van der Waals surface area contributed by atoms with Gasteiger partial charge in [-0.05, 0) is 70.3 Å². The van der Waals surface area contributed by atoms with Gasteiger partial charge < -0.3 is 15.5 Å². The number of rotatable bonds is 3. The van der Waals surface area contributed by atoms with Crippen molar-refractivity contribution in [3.63, 3.8) is 0 Å². The first kappa shape index (κ1) is 22.8. The van der Waals surface area contributed by atoms with Gasteiger partial charge in [-0.3, -0.25) is 4.90 Å². The van der Waals surface area contributed by atoms with Gasteiger partial charge in [0.05, 0.1) is 19.7 Å². The molecule has 3 aliphatic rings. The van der Waals surface area contributed by atoms with E-state index in [0.717, 1.165) is 56.0 Å². The number of carboxylic acid groups (broad SMARTS) is 1. The average Bonchev–Trinajstić information content (AvgIpc) is 3.06. The van der Waals surface area contributed by atoms with E-state index in [1.807, 2.05) is 32.9 Å². The van der Waals surface area contributed by atoms with Crippen LogP contribution < -0.4 is 5.32 Å². The predicted octanol–water partition coefficient (Wildman–Crippen LogP) is 4.16. The van der Waals surface area contributed by atoms with Gasteiger partial charge in [-0.15, -0.1) is 0 Å². The van der Waals surface area contributed by atoms with Crippen molar-refractivity contribution in [1.29, 1.82) is 0 Å². The highest BCUT2D eigenvalue weighted by Gasteiger charge is 2.51. The largest absolute Gasteiger partial charge is 0.513 e. The minimum atomic E-state index is -0.723. The van der Waals surface area contributed by atoms with Crippen LogP contribution in [-0.2, 0) is 5.41 Å². The summed E-state index contributed by atoms with van der Waals surface area (Å²) in [7, 11) is 0. The summed E-state index contributed by atoms with van der Waals surface area (Å²) >= 11 is 6.17. The van der Waals surface area contributed by atoms with Crippen LogP contribution in [-0.4, -0.2) is 76.6 Å². The molecule has 1 atom stereocenters. The highest BCUT2D eigenvalue weighted by atomic mass is 35.5. The summed E-state index contributed by atoms with van der Waals surface area (Å²) in [5.41, 5.74) is 2.37. The van der Waals surface area contributed by atoms with Crippen molar-refractivity contribution in [3.8, 4) is 0 Å². The molecule has 6 nitrogen and oxygen atoms in total. The molecule has 7 heteroatoms. The van der Waals surface area contributed by atoms with E-state index in [1.165, 1.54) is 5.56 Å². The lowest BCUT2D eigenvalue weighted by Crippen LogP contribution is -2.67. The van der Waals surface area contributed by atoms with Crippen molar-refractivity contribution in [1.82, 2.24) is 4.90 Å². The number of quaternary nitrogens is 1. The Morgan fingerprint density at radius 3 is 2.48 bits per heavy atom. The Morgan fingerprint density at radius 1 is 1.29 bits per heavy atom. The Bertz CT molecular complexity index is 822. The van der Waals surface area contributed by atoms with Gasteiger partial charge in [-0.25, -0.2) is 4.48 Å². The molecule has 1 aromatic rings. The molecule has 0 bridgehead atoms. The van der Waals surface area contributed by atoms with Gasteiger partial charge in [0.2, 0.25) is 0 Å². The zero-order chi connectivity index (χ0) is 22.4. The van der Waals surface area contributed by atoms with Gasteiger partial charge >= 0.3 is 6.09 Å². The molecule has 4 rings (SSSR count). The van der Waals surface area contributed by atoms with Crippen molar-refractivity contribution in [2.45, 2.75) is 63.5 Å². The summed E-state index contributed by atoms with van der Waals surface area (Å²) in [6.07, 6.45) is 3.10. The standard InChI is InChI=1S/C24H36ClN3O3/c1-23(2,3)28(22(30)31)12-6-17(7-13-28)21(15-29)27-10-8-24(9-11-27)16-26-20-14-18(25)4-5-19(20)24/h4-5,14,17,21,26,29H,6-13,15-16H2,1-3H3/p+1. The van der Waals surface area contributed by atoms with Crippen molar-refractivity contribution in [2.24, 2.45) is 5.92 Å².